The Morgan fingerprint density at radius 3 is 2.85 bits per heavy atom. The quantitative estimate of drug-likeness (QED) is 0.879. The Morgan fingerprint density at radius 2 is 2.15 bits per heavy atom. The van der Waals surface area contributed by atoms with Crippen molar-refractivity contribution in [3.05, 3.63) is 35.2 Å². The molecule has 1 aliphatic heterocycles. The number of nitrogens with two attached hydrogens (primary N) is 1. The molecule has 1 amide bonds. The van der Waals surface area contributed by atoms with Gasteiger partial charge in [-0.3, -0.25) is 4.79 Å². The average Bonchev–Trinajstić information content (AvgIpc) is 2.85. The number of nitrogens with zero attached hydrogens (tertiary/aromatic N) is 1. The molecule has 2 N–H and O–H groups in total. The molecule has 1 fully saturated rings. The van der Waals surface area contributed by atoms with E-state index in [1.54, 1.807) is 11.3 Å². The lowest BCUT2D eigenvalue weighted by Crippen LogP contribution is -2.48. The molecule has 2 atom stereocenters. The summed E-state index contributed by atoms with van der Waals surface area (Å²) < 4.78 is 1.17. The van der Waals surface area contributed by atoms with E-state index in [0.717, 1.165) is 29.8 Å². The van der Waals surface area contributed by atoms with Crippen LogP contribution in [0.1, 0.15) is 23.0 Å². The number of rotatable bonds is 1. The summed E-state index contributed by atoms with van der Waals surface area (Å²) in [5.74, 6) is 0.534. The van der Waals surface area contributed by atoms with E-state index in [1.807, 2.05) is 23.1 Å². The van der Waals surface area contributed by atoms with Crippen molar-refractivity contribution in [3.8, 4) is 0 Å². The first-order valence-corrected chi connectivity index (χ1v) is 7.50. The van der Waals surface area contributed by atoms with Crippen LogP contribution in [0.4, 0.5) is 0 Å². The average molecular weight is 311 g/mol. The van der Waals surface area contributed by atoms with E-state index < -0.39 is 0 Å². The molecule has 0 bridgehead atoms. The second-order valence-corrected chi connectivity index (χ2v) is 6.41. The van der Waals surface area contributed by atoms with Gasteiger partial charge < -0.3 is 10.6 Å². The van der Waals surface area contributed by atoms with Crippen molar-refractivity contribution in [2.24, 2.45) is 11.7 Å². The zero-order chi connectivity index (χ0) is 13.4. The molecule has 3 rings (SSSR count). The van der Waals surface area contributed by atoms with E-state index in [-0.39, 0.29) is 24.4 Å². The standard InChI is InChI=1S/C15H18N2OS.ClH/c1-10-9-17(7-6-12(10)16)15(18)14-8-11-4-2-3-5-13(11)19-14;/h2-5,8,10,12H,6-7,9,16H2,1H3;1H. The van der Waals surface area contributed by atoms with Crippen LogP contribution in [0.5, 0.6) is 0 Å². The molecule has 0 saturated carbocycles. The zero-order valence-electron chi connectivity index (χ0n) is 11.4. The minimum Gasteiger partial charge on any atom is -0.338 e. The number of piperidine rings is 1. The number of halogens is 1. The van der Waals surface area contributed by atoms with Crippen LogP contribution in [0, 0.1) is 5.92 Å². The van der Waals surface area contributed by atoms with E-state index in [1.165, 1.54) is 4.70 Å². The molecule has 1 aromatic carbocycles. The van der Waals surface area contributed by atoms with Gasteiger partial charge in [-0.25, -0.2) is 0 Å². The van der Waals surface area contributed by atoms with E-state index in [2.05, 4.69) is 19.1 Å². The van der Waals surface area contributed by atoms with Crippen molar-refractivity contribution in [2.75, 3.05) is 13.1 Å². The van der Waals surface area contributed by atoms with Gasteiger partial charge in [0.25, 0.3) is 5.91 Å². The lowest BCUT2D eigenvalue weighted by atomic mass is 9.95. The largest absolute Gasteiger partial charge is 0.338 e. The maximum absolute atomic E-state index is 12.5. The van der Waals surface area contributed by atoms with Crippen LogP contribution in [-0.2, 0) is 0 Å². The van der Waals surface area contributed by atoms with Crippen LogP contribution in [0.15, 0.2) is 30.3 Å². The predicted molar refractivity (Wildman–Crippen MR) is 86.7 cm³/mol. The van der Waals surface area contributed by atoms with Gasteiger partial charge in [-0.1, -0.05) is 25.1 Å². The van der Waals surface area contributed by atoms with Crippen molar-refractivity contribution in [2.45, 2.75) is 19.4 Å². The first-order valence-electron chi connectivity index (χ1n) is 6.68. The minimum absolute atomic E-state index is 0. The van der Waals surface area contributed by atoms with Gasteiger partial charge in [-0.15, -0.1) is 23.7 Å². The van der Waals surface area contributed by atoms with Gasteiger partial charge in [0, 0.05) is 23.8 Å². The second-order valence-electron chi connectivity index (χ2n) is 5.33. The Hall–Kier alpha value is -1.10. The van der Waals surface area contributed by atoms with Gasteiger partial charge in [-0.05, 0) is 29.9 Å². The number of fused-ring (bicyclic) bond motifs is 1. The number of thiophene rings is 1. The fraction of sp³-hybridized carbons (Fsp3) is 0.400. The van der Waals surface area contributed by atoms with Gasteiger partial charge in [0.1, 0.15) is 0 Å². The lowest BCUT2D eigenvalue weighted by Gasteiger charge is -2.34. The van der Waals surface area contributed by atoms with Gasteiger partial charge in [0.05, 0.1) is 4.88 Å². The highest BCUT2D eigenvalue weighted by Gasteiger charge is 2.27. The molecule has 2 heterocycles. The normalized spacial score (nSPS) is 22.6. The second kappa shape index (κ2) is 6.12. The molecule has 1 aliphatic rings. The summed E-state index contributed by atoms with van der Waals surface area (Å²) in [6.07, 6.45) is 0.901. The van der Waals surface area contributed by atoms with Gasteiger partial charge in [0.2, 0.25) is 0 Å². The summed E-state index contributed by atoms with van der Waals surface area (Å²) >= 11 is 1.58. The first kappa shape index (κ1) is 15.3. The van der Waals surface area contributed by atoms with Gasteiger partial charge >= 0.3 is 0 Å². The molecule has 108 valence electrons. The molecule has 3 nitrogen and oxygen atoms in total. The van der Waals surface area contributed by atoms with Crippen LogP contribution in [0.2, 0.25) is 0 Å². The Morgan fingerprint density at radius 1 is 1.40 bits per heavy atom. The van der Waals surface area contributed by atoms with Crippen molar-refractivity contribution in [1.29, 1.82) is 0 Å². The third-order valence-electron chi connectivity index (χ3n) is 3.90. The lowest BCUT2D eigenvalue weighted by molar-refractivity contribution is 0.0669. The van der Waals surface area contributed by atoms with Crippen molar-refractivity contribution >= 4 is 39.7 Å². The van der Waals surface area contributed by atoms with Gasteiger partial charge in [-0.2, -0.15) is 0 Å². The van der Waals surface area contributed by atoms with E-state index >= 15 is 0 Å². The highest BCUT2D eigenvalue weighted by molar-refractivity contribution is 7.20. The number of amides is 1. The molecule has 0 spiro atoms. The summed E-state index contributed by atoms with van der Waals surface area (Å²) in [5.41, 5.74) is 6.01. The number of hydrogen-bond acceptors (Lipinski definition) is 3. The number of benzene rings is 1. The van der Waals surface area contributed by atoms with E-state index in [9.17, 15) is 4.79 Å². The van der Waals surface area contributed by atoms with Crippen molar-refractivity contribution in [3.63, 3.8) is 0 Å². The third-order valence-corrected chi connectivity index (χ3v) is 5.00. The zero-order valence-corrected chi connectivity index (χ0v) is 13.0. The van der Waals surface area contributed by atoms with Crippen LogP contribution in [0.25, 0.3) is 10.1 Å². The summed E-state index contributed by atoms with van der Waals surface area (Å²) in [6.45, 7) is 3.67. The fourth-order valence-electron chi connectivity index (χ4n) is 2.59. The highest BCUT2D eigenvalue weighted by Crippen LogP contribution is 2.27. The number of likely N-dealkylation sites (tertiary alicyclic amines) is 1. The molecule has 2 aromatic rings. The summed E-state index contributed by atoms with van der Waals surface area (Å²) in [4.78, 5) is 15.3. The maximum Gasteiger partial charge on any atom is 0.263 e. The van der Waals surface area contributed by atoms with Crippen molar-refractivity contribution < 1.29 is 4.79 Å². The molecule has 0 aliphatic carbocycles. The molecule has 0 radical (unpaired) electrons. The monoisotopic (exact) mass is 310 g/mol. The molecular weight excluding hydrogens is 292 g/mol. The third kappa shape index (κ3) is 2.82. The number of carbonyl (C=O) groups excluding carboxylic acids is 1. The molecule has 1 saturated heterocycles. The number of hydrogen-bond donors (Lipinski definition) is 1. The minimum atomic E-state index is 0. The smallest absolute Gasteiger partial charge is 0.263 e. The molecular formula is C15H19ClN2OS. The number of carbonyl (C=O) groups is 1. The van der Waals surface area contributed by atoms with E-state index in [4.69, 9.17) is 5.73 Å². The predicted octanol–water partition coefficient (Wildman–Crippen LogP) is 3.13. The summed E-state index contributed by atoms with van der Waals surface area (Å²) in [5, 5.41) is 1.15. The Balaban J connectivity index is 0.00000147. The van der Waals surface area contributed by atoms with E-state index in [0.29, 0.717) is 5.92 Å². The highest BCUT2D eigenvalue weighted by atomic mass is 35.5. The van der Waals surface area contributed by atoms with Crippen LogP contribution >= 0.6 is 23.7 Å². The van der Waals surface area contributed by atoms with Crippen molar-refractivity contribution in [1.82, 2.24) is 4.90 Å². The van der Waals surface area contributed by atoms with Crippen LogP contribution < -0.4 is 5.73 Å². The fourth-order valence-corrected chi connectivity index (χ4v) is 3.62. The summed E-state index contributed by atoms with van der Waals surface area (Å²) in [7, 11) is 0. The molecule has 1 aromatic heterocycles. The maximum atomic E-state index is 12.5. The Kier molecular flexibility index (Phi) is 4.68. The van der Waals surface area contributed by atoms with Crippen LogP contribution in [-0.4, -0.2) is 29.9 Å². The SMILES string of the molecule is CC1CN(C(=O)c2cc3ccccc3s2)CCC1N.Cl. The van der Waals surface area contributed by atoms with Crippen LogP contribution in [0.3, 0.4) is 0 Å². The Bertz CT molecular complexity index is 580. The molecule has 2 unspecified atom stereocenters. The van der Waals surface area contributed by atoms with Gasteiger partial charge in [0.15, 0.2) is 0 Å². The summed E-state index contributed by atoms with van der Waals surface area (Å²) in [6, 6.07) is 10.4. The topological polar surface area (TPSA) is 46.3 Å². The molecule has 20 heavy (non-hydrogen) atoms. The molecule has 5 heteroatoms. The first-order chi connectivity index (χ1) is 9.15. The Labute approximate surface area is 129 Å².